The quantitative estimate of drug-likeness (QED) is 0.735. The number of para-hydroxylation sites is 1. The van der Waals surface area contributed by atoms with Gasteiger partial charge < -0.3 is 17.2 Å². The zero-order valence-corrected chi connectivity index (χ0v) is 16.0. The highest BCUT2D eigenvalue weighted by atomic mass is 14.7. The van der Waals surface area contributed by atoms with E-state index in [-0.39, 0.29) is 0 Å². The van der Waals surface area contributed by atoms with Gasteiger partial charge in [0.15, 0.2) is 0 Å². The zero-order chi connectivity index (χ0) is 19.6. The predicted molar refractivity (Wildman–Crippen MR) is 116 cm³/mol. The maximum Gasteiger partial charge on any atom is 0.0625 e. The predicted octanol–water partition coefficient (Wildman–Crippen LogP) is 3.57. The maximum absolute atomic E-state index is 4.51. The molecule has 3 rings (SSSR count). The Kier molecular flexibility index (Phi) is 14.4. The topological polar surface area (TPSA) is 90.4 Å². The average molecular weight is 353 g/mol. The van der Waals surface area contributed by atoms with E-state index in [0.717, 1.165) is 12.1 Å². The molecule has 0 spiro atoms. The van der Waals surface area contributed by atoms with Gasteiger partial charge in [-0.25, -0.2) is 0 Å². The van der Waals surface area contributed by atoms with Gasteiger partial charge in [0.25, 0.3) is 0 Å². The second kappa shape index (κ2) is 16.0. The number of nitrogens with two attached hydrogens (primary N) is 3. The highest BCUT2D eigenvalue weighted by molar-refractivity contribution is 5.67. The standard InChI is InChI=1S/C19H17N.3CH5N/c1-2-11-18(12-3-1)20-15-14-17-10-6-7-13-19(17)16-8-4-5-9-16;3*1-2/h1-13,15-16H,14H2;3*2H2,1H3. The number of hydrogen-bond donors (Lipinski definition) is 3. The minimum absolute atomic E-state index is 0.413. The summed E-state index contributed by atoms with van der Waals surface area (Å²) in [4.78, 5) is 4.51. The number of nitrogens with zero attached hydrogens (tertiary/aromatic N) is 1. The normalized spacial score (nSPS) is 11.8. The van der Waals surface area contributed by atoms with E-state index in [2.05, 4.69) is 70.8 Å². The minimum Gasteiger partial charge on any atom is -0.333 e. The molecule has 26 heavy (non-hydrogen) atoms. The summed E-state index contributed by atoms with van der Waals surface area (Å²) in [7, 11) is 4.50. The highest BCUT2D eigenvalue weighted by Gasteiger charge is 2.10. The van der Waals surface area contributed by atoms with Gasteiger partial charge in [0.2, 0.25) is 0 Å². The molecule has 4 heteroatoms. The Bertz CT molecular complexity index is 649. The van der Waals surface area contributed by atoms with Crippen LogP contribution >= 0.6 is 0 Å². The Morgan fingerprint density at radius 1 is 0.769 bits per heavy atom. The molecule has 0 amide bonds. The molecule has 1 aliphatic rings. The molecule has 0 aliphatic heterocycles. The van der Waals surface area contributed by atoms with Gasteiger partial charge in [-0.05, 0) is 44.4 Å². The lowest BCUT2D eigenvalue weighted by Crippen LogP contribution is -1.97. The molecule has 0 atom stereocenters. The molecule has 2 aromatic rings. The lowest BCUT2D eigenvalue weighted by molar-refractivity contribution is 1.06. The van der Waals surface area contributed by atoms with Crippen molar-refractivity contribution in [1.29, 1.82) is 0 Å². The van der Waals surface area contributed by atoms with Gasteiger partial charge in [-0.1, -0.05) is 66.8 Å². The van der Waals surface area contributed by atoms with E-state index < -0.39 is 0 Å². The van der Waals surface area contributed by atoms with Crippen LogP contribution in [0.2, 0.25) is 0 Å². The monoisotopic (exact) mass is 352 g/mol. The Morgan fingerprint density at radius 2 is 1.31 bits per heavy atom. The first-order valence-electron chi connectivity index (χ1n) is 8.67. The van der Waals surface area contributed by atoms with E-state index in [1.807, 2.05) is 36.5 Å². The smallest absolute Gasteiger partial charge is 0.0625 e. The fraction of sp³-hybridized carbons (Fsp3) is 0.227. The lowest BCUT2D eigenvalue weighted by Gasteiger charge is -2.11. The number of aliphatic imine (C=N–C) groups is 1. The largest absolute Gasteiger partial charge is 0.333 e. The number of benzene rings is 2. The van der Waals surface area contributed by atoms with Crippen molar-refractivity contribution in [3.05, 3.63) is 90.0 Å². The van der Waals surface area contributed by atoms with Crippen LogP contribution in [0, 0.1) is 0 Å². The molecule has 6 N–H and O–H groups in total. The number of hydrogen-bond acceptors (Lipinski definition) is 4. The summed E-state index contributed by atoms with van der Waals surface area (Å²) >= 11 is 0. The van der Waals surface area contributed by atoms with Gasteiger partial charge in [0, 0.05) is 18.6 Å². The lowest BCUT2D eigenvalue weighted by atomic mass is 9.94. The first-order chi connectivity index (χ1) is 12.9. The summed E-state index contributed by atoms with van der Waals surface area (Å²) in [6, 6.07) is 18.7. The van der Waals surface area contributed by atoms with Crippen LogP contribution in [0.5, 0.6) is 0 Å². The van der Waals surface area contributed by atoms with Crippen LogP contribution in [-0.2, 0) is 6.42 Å². The molecule has 0 heterocycles. The number of rotatable bonds is 4. The van der Waals surface area contributed by atoms with E-state index in [0.29, 0.717) is 5.92 Å². The number of allylic oxidation sites excluding steroid dienone is 4. The molecule has 0 bridgehead atoms. The highest BCUT2D eigenvalue weighted by Crippen LogP contribution is 2.26. The molecule has 0 aromatic heterocycles. The summed E-state index contributed by atoms with van der Waals surface area (Å²) in [6.07, 6.45) is 11.5. The maximum atomic E-state index is 4.51. The van der Waals surface area contributed by atoms with Gasteiger partial charge in [0.05, 0.1) is 5.69 Å². The average Bonchev–Trinajstić information content (AvgIpc) is 3.28. The first kappa shape index (κ1) is 23.5. The molecular weight excluding hydrogens is 320 g/mol. The first-order valence-corrected chi connectivity index (χ1v) is 8.67. The summed E-state index contributed by atoms with van der Waals surface area (Å²) in [6.45, 7) is 0. The van der Waals surface area contributed by atoms with Crippen LogP contribution in [-0.4, -0.2) is 27.4 Å². The van der Waals surface area contributed by atoms with Gasteiger partial charge in [0.1, 0.15) is 0 Å². The third-order valence-electron chi connectivity index (χ3n) is 3.47. The third-order valence-corrected chi connectivity index (χ3v) is 3.47. The van der Waals surface area contributed by atoms with Crippen molar-refractivity contribution in [2.75, 3.05) is 21.1 Å². The van der Waals surface area contributed by atoms with Crippen LogP contribution in [0.1, 0.15) is 17.0 Å². The van der Waals surface area contributed by atoms with E-state index in [1.165, 1.54) is 32.3 Å². The van der Waals surface area contributed by atoms with Crippen LogP contribution in [0.25, 0.3) is 0 Å². The van der Waals surface area contributed by atoms with Gasteiger partial charge in [-0.3, -0.25) is 4.99 Å². The molecule has 0 fully saturated rings. The van der Waals surface area contributed by atoms with Crippen molar-refractivity contribution in [1.82, 2.24) is 0 Å². The molecule has 1 aliphatic carbocycles. The summed E-state index contributed by atoms with van der Waals surface area (Å²) in [5, 5.41) is 0. The Morgan fingerprint density at radius 3 is 1.92 bits per heavy atom. The zero-order valence-electron chi connectivity index (χ0n) is 16.0. The molecule has 4 nitrogen and oxygen atoms in total. The minimum atomic E-state index is 0.413. The Labute approximate surface area is 158 Å². The fourth-order valence-electron chi connectivity index (χ4n) is 2.45. The second-order valence-corrected chi connectivity index (χ2v) is 4.85. The van der Waals surface area contributed by atoms with Crippen LogP contribution in [0.15, 0.2) is 83.9 Å². The van der Waals surface area contributed by atoms with Crippen molar-refractivity contribution >= 4 is 11.9 Å². The van der Waals surface area contributed by atoms with Crippen molar-refractivity contribution in [2.24, 2.45) is 22.2 Å². The SMILES string of the molecule is C1=CC(c2ccccc2CC=Nc2ccccc2)C=C1.CN.CN.CN. The Hall–Kier alpha value is -2.53. The third kappa shape index (κ3) is 8.03. The van der Waals surface area contributed by atoms with Crippen molar-refractivity contribution in [3.63, 3.8) is 0 Å². The van der Waals surface area contributed by atoms with Crippen molar-refractivity contribution in [3.8, 4) is 0 Å². The molecule has 0 radical (unpaired) electrons. The summed E-state index contributed by atoms with van der Waals surface area (Å²) in [5.41, 5.74) is 17.2. The molecule has 0 unspecified atom stereocenters. The van der Waals surface area contributed by atoms with Gasteiger partial charge in [-0.2, -0.15) is 0 Å². The van der Waals surface area contributed by atoms with E-state index in [9.17, 15) is 0 Å². The Balaban J connectivity index is 0.000000948. The second-order valence-electron chi connectivity index (χ2n) is 4.85. The summed E-state index contributed by atoms with van der Waals surface area (Å²) in [5.74, 6) is 0.413. The van der Waals surface area contributed by atoms with Crippen LogP contribution in [0.4, 0.5) is 5.69 Å². The summed E-state index contributed by atoms with van der Waals surface area (Å²) < 4.78 is 0. The molecule has 2 aromatic carbocycles. The van der Waals surface area contributed by atoms with E-state index in [1.54, 1.807) is 0 Å². The van der Waals surface area contributed by atoms with Crippen LogP contribution in [0.3, 0.4) is 0 Å². The van der Waals surface area contributed by atoms with Gasteiger partial charge in [-0.15, -0.1) is 0 Å². The molecular formula is C22H32N4. The van der Waals surface area contributed by atoms with Crippen molar-refractivity contribution < 1.29 is 0 Å². The molecule has 140 valence electrons. The molecule has 0 saturated carbocycles. The van der Waals surface area contributed by atoms with Crippen LogP contribution < -0.4 is 17.2 Å². The van der Waals surface area contributed by atoms with Gasteiger partial charge >= 0.3 is 0 Å². The molecule has 0 saturated heterocycles. The van der Waals surface area contributed by atoms with E-state index in [4.69, 9.17) is 0 Å². The van der Waals surface area contributed by atoms with Crippen molar-refractivity contribution in [2.45, 2.75) is 12.3 Å². The van der Waals surface area contributed by atoms with E-state index >= 15 is 0 Å². The fourth-order valence-corrected chi connectivity index (χ4v) is 2.45.